The van der Waals surface area contributed by atoms with Gasteiger partial charge in [-0.15, -0.1) is 0 Å². The molecule has 0 unspecified atom stereocenters. The Balaban J connectivity index is 2.22. The van der Waals surface area contributed by atoms with Gasteiger partial charge in [0, 0.05) is 6.04 Å². The summed E-state index contributed by atoms with van der Waals surface area (Å²) in [6, 6.07) is 3.11. The number of sulfonamides is 1. The molecule has 6 heteroatoms. The molecule has 0 radical (unpaired) electrons. The molecular weight excluding hydrogens is 269 g/mol. The van der Waals surface area contributed by atoms with Gasteiger partial charge in [-0.25, -0.2) is 17.5 Å². The van der Waals surface area contributed by atoms with Crippen LogP contribution in [0.15, 0.2) is 23.1 Å². The van der Waals surface area contributed by atoms with Crippen LogP contribution >= 0.6 is 0 Å². The summed E-state index contributed by atoms with van der Waals surface area (Å²) in [7, 11) is -3.72. The van der Waals surface area contributed by atoms with Crippen molar-refractivity contribution in [1.29, 1.82) is 0 Å². The molecule has 0 amide bonds. The third kappa shape index (κ3) is 3.32. The summed E-state index contributed by atoms with van der Waals surface area (Å²) in [6.45, 7) is 1.55. The molecular formula is C13H18FNO3S. The minimum atomic E-state index is -3.72. The Kier molecular flexibility index (Phi) is 4.23. The van der Waals surface area contributed by atoms with Crippen molar-refractivity contribution in [2.24, 2.45) is 0 Å². The topological polar surface area (TPSA) is 66.4 Å². The molecule has 2 N–H and O–H groups in total. The maximum absolute atomic E-state index is 13.0. The molecule has 106 valence electrons. The Morgan fingerprint density at radius 1 is 1.32 bits per heavy atom. The van der Waals surface area contributed by atoms with E-state index in [1.165, 1.54) is 12.1 Å². The molecule has 0 saturated heterocycles. The lowest BCUT2D eigenvalue weighted by Crippen LogP contribution is -2.45. The number of nitrogens with one attached hydrogen (secondary N) is 1. The van der Waals surface area contributed by atoms with Crippen LogP contribution in [0.4, 0.5) is 4.39 Å². The van der Waals surface area contributed by atoms with Gasteiger partial charge < -0.3 is 5.11 Å². The summed E-state index contributed by atoms with van der Waals surface area (Å²) in [5, 5.41) is 9.81. The average molecular weight is 287 g/mol. The number of hydrogen-bond donors (Lipinski definition) is 2. The van der Waals surface area contributed by atoms with Crippen LogP contribution < -0.4 is 4.72 Å². The number of benzene rings is 1. The predicted molar refractivity (Wildman–Crippen MR) is 69.7 cm³/mol. The highest BCUT2D eigenvalue weighted by molar-refractivity contribution is 7.89. The van der Waals surface area contributed by atoms with Gasteiger partial charge in [0.2, 0.25) is 10.0 Å². The second-order valence-corrected chi connectivity index (χ2v) is 6.67. The molecule has 1 saturated carbocycles. The SMILES string of the molecule is Cc1cc(F)ccc1S(=O)(=O)N[C@H]1CCCC[C@@H]1O. The Morgan fingerprint density at radius 3 is 2.63 bits per heavy atom. The molecule has 19 heavy (non-hydrogen) atoms. The molecule has 2 rings (SSSR count). The smallest absolute Gasteiger partial charge is 0.241 e. The highest BCUT2D eigenvalue weighted by Crippen LogP contribution is 2.22. The van der Waals surface area contributed by atoms with Crippen LogP contribution in [0.25, 0.3) is 0 Å². The van der Waals surface area contributed by atoms with Crippen molar-refractivity contribution in [3.05, 3.63) is 29.6 Å². The van der Waals surface area contributed by atoms with E-state index < -0.39 is 28.0 Å². The Bertz CT molecular complexity index is 559. The van der Waals surface area contributed by atoms with E-state index in [0.717, 1.165) is 18.9 Å². The van der Waals surface area contributed by atoms with Crippen LogP contribution in [0.2, 0.25) is 0 Å². The van der Waals surface area contributed by atoms with Gasteiger partial charge in [0.1, 0.15) is 5.82 Å². The van der Waals surface area contributed by atoms with E-state index in [2.05, 4.69) is 4.72 Å². The first-order chi connectivity index (χ1) is 8.90. The highest BCUT2D eigenvalue weighted by Gasteiger charge is 2.28. The van der Waals surface area contributed by atoms with Crippen molar-refractivity contribution in [2.75, 3.05) is 0 Å². The number of aliphatic hydroxyl groups excluding tert-OH is 1. The summed E-state index contributed by atoms with van der Waals surface area (Å²) in [5.41, 5.74) is 0.359. The fourth-order valence-corrected chi connectivity index (χ4v) is 3.96. The van der Waals surface area contributed by atoms with Gasteiger partial charge in [-0.05, 0) is 43.5 Å². The molecule has 1 aromatic carbocycles. The first kappa shape index (κ1) is 14.4. The second-order valence-electron chi connectivity index (χ2n) is 4.99. The van der Waals surface area contributed by atoms with Crippen molar-refractivity contribution in [1.82, 2.24) is 4.72 Å². The van der Waals surface area contributed by atoms with E-state index in [1.54, 1.807) is 6.92 Å². The molecule has 0 bridgehead atoms. The van der Waals surface area contributed by atoms with Gasteiger partial charge in [0.25, 0.3) is 0 Å². The zero-order valence-electron chi connectivity index (χ0n) is 10.8. The van der Waals surface area contributed by atoms with Gasteiger partial charge in [-0.1, -0.05) is 12.8 Å². The van der Waals surface area contributed by atoms with Crippen LogP contribution in [0, 0.1) is 12.7 Å². The highest BCUT2D eigenvalue weighted by atomic mass is 32.2. The molecule has 1 aliphatic carbocycles. The number of rotatable bonds is 3. The molecule has 1 fully saturated rings. The average Bonchev–Trinajstić information content (AvgIpc) is 2.31. The first-order valence-electron chi connectivity index (χ1n) is 6.37. The lowest BCUT2D eigenvalue weighted by atomic mass is 9.93. The van der Waals surface area contributed by atoms with E-state index in [0.29, 0.717) is 18.4 Å². The zero-order chi connectivity index (χ0) is 14.0. The van der Waals surface area contributed by atoms with Crippen molar-refractivity contribution in [3.8, 4) is 0 Å². The van der Waals surface area contributed by atoms with Gasteiger partial charge in [-0.2, -0.15) is 0 Å². The second kappa shape index (κ2) is 5.56. The lowest BCUT2D eigenvalue weighted by molar-refractivity contribution is 0.101. The molecule has 0 spiro atoms. The largest absolute Gasteiger partial charge is 0.391 e. The van der Waals surface area contributed by atoms with E-state index in [1.807, 2.05) is 0 Å². The van der Waals surface area contributed by atoms with Gasteiger partial charge in [0.15, 0.2) is 0 Å². The fraction of sp³-hybridized carbons (Fsp3) is 0.538. The molecule has 0 aromatic heterocycles. The monoisotopic (exact) mass is 287 g/mol. The Labute approximate surface area is 112 Å². The number of halogens is 1. The van der Waals surface area contributed by atoms with Gasteiger partial charge in [-0.3, -0.25) is 0 Å². The lowest BCUT2D eigenvalue weighted by Gasteiger charge is -2.28. The summed E-state index contributed by atoms with van der Waals surface area (Å²) in [4.78, 5) is 0.0617. The first-order valence-corrected chi connectivity index (χ1v) is 7.85. The molecule has 0 aliphatic heterocycles. The molecule has 4 nitrogen and oxygen atoms in total. The normalized spacial score (nSPS) is 24.4. The van der Waals surface area contributed by atoms with Crippen LogP contribution in [0.3, 0.4) is 0 Å². The van der Waals surface area contributed by atoms with Crippen molar-refractivity contribution < 1.29 is 17.9 Å². The van der Waals surface area contributed by atoms with Crippen LogP contribution in [-0.2, 0) is 10.0 Å². The molecule has 1 aromatic rings. The summed E-state index contributed by atoms with van der Waals surface area (Å²) in [5.74, 6) is -0.464. The minimum absolute atomic E-state index is 0.0617. The quantitative estimate of drug-likeness (QED) is 0.889. The molecule has 2 atom stereocenters. The summed E-state index contributed by atoms with van der Waals surface area (Å²) in [6.07, 6.45) is 2.39. The predicted octanol–water partition coefficient (Wildman–Crippen LogP) is 1.72. The zero-order valence-corrected chi connectivity index (χ0v) is 11.6. The van der Waals surface area contributed by atoms with E-state index in [9.17, 15) is 17.9 Å². The molecule has 0 heterocycles. The number of aliphatic hydroxyl groups is 1. The Hall–Kier alpha value is -0.980. The van der Waals surface area contributed by atoms with Crippen LogP contribution in [-0.4, -0.2) is 25.7 Å². The number of aryl methyl sites for hydroxylation is 1. The third-order valence-corrected chi connectivity index (χ3v) is 5.11. The maximum atomic E-state index is 13.0. The third-order valence-electron chi connectivity index (χ3n) is 3.46. The van der Waals surface area contributed by atoms with E-state index in [4.69, 9.17) is 0 Å². The van der Waals surface area contributed by atoms with Crippen LogP contribution in [0.5, 0.6) is 0 Å². The van der Waals surface area contributed by atoms with Gasteiger partial charge >= 0.3 is 0 Å². The number of hydrogen-bond acceptors (Lipinski definition) is 3. The minimum Gasteiger partial charge on any atom is -0.391 e. The van der Waals surface area contributed by atoms with E-state index >= 15 is 0 Å². The van der Waals surface area contributed by atoms with Gasteiger partial charge in [0.05, 0.1) is 11.0 Å². The van der Waals surface area contributed by atoms with Crippen LogP contribution in [0.1, 0.15) is 31.2 Å². The summed E-state index contributed by atoms with van der Waals surface area (Å²) >= 11 is 0. The fourth-order valence-electron chi connectivity index (χ4n) is 2.43. The molecule has 1 aliphatic rings. The van der Waals surface area contributed by atoms with Crippen molar-refractivity contribution in [2.45, 2.75) is 49.6 Å². The Morgan fingerprint density at radius 2 is 2.00 bits per heavy atom. The standard InChI is InChI=1S/C13H18FNO3S/c1-9-8-10(14)6-7-13(9)19(17,18)15-11-4-2-3-5-12(11)16/h6-8,11-12,15-16H,2-5H2,1H3/t11-,12-/m0/s1. The van der Waals surface area contributed by atoms with Crippen molar-refractivity contribution in [3.63, 3.8) is 0 Å². The van der Waals surface area contributed by atoms with E-state index in [-0.39, 0.29) is 4.90 Å². The van der Waals surface area contributed by atoms with Crippen molar-refractivity contribution >= 4 is 10.0 Å². The summed E-state index contributed by atoms with van der Waals surface area (Å²) < 4.78 is 40.0. The maximum Gasteiger partial charge on any atom is 0.241 e.